The van der Waals surface area contributed by atoms with E-state index < -0.39 is 9.84 Å². The molecule has 0 N–H and O–H groups in total. The van der Waals surface area contributed by atoms with Gasteiger partial charge in [0.25, 0.3) is 0 Å². The summed E-state index contributed by atoms with van der Waals surface area (Å²) in [6.07, 6.45) is 4.54. The van der Waals surface area contributed by atoms with Crippen molar-refractivity contribution in [1.29, 1.82) is 0 Å². The van der Waals surface area contributed by atoms with Gasteiger partial charge in [0.1, 0.15) is 0 Å². The molecule has 0 amide bonds. The Bertz CT molecular complexity index is 1300. The number of fused-ring (bicyclic) bond motifs is 3. The van der Waals surface area contributed by atoms with E-state index in [-0.39, 0.29) is 10.9 Å². The van der Waals surface area contributed by atoms with Crippen molar-refractivity contribution in [3.05, 3.63) is 83.4 Å². The number of benzene rings is 3. The van der Waals surface area contributed by atoms with Gasteiger partial charge in [-0.25, -0.2) is 8.42 Å². The Labute approximate surface area is 195 Å². The lowest BCUT2D eigenvalue weighted by Crippen LogP contribution is -2.29. The minimum absolute atomic E-state index is 0.229. The van der Waals surface area contributed by atoms with Crippen molar-refractivity contribution in [2.45, 2.75) is 47.4 Å². The molecule has 0 aromatic heterocycles. The molecule has 2 unspecified atom stereocenters. The van der Waals surface area contributed by atoms with Crippen molar-refractivity contribution >= 4 is 15.5 Å². The van der Waals surface area contributed by atoms with Crippen molar-refractivity contribution in [3.8, 4) is 11.5 Å². The Morgan fingerprint density at radius 2 is 1.45 bits per heavy atom. The fraction of sp³-hybridized carbons (Fsp3) is 0.296. The topological polar surface area (TPSA) is 65.0 Å². The molecule has 1 heterocycles. The predicted octanol–water partition coefficient (Wildman–Crippen LogP) is 5.41. The van der Waals surface area contributed by atoms with E-state index >= 15 is 0 Å². The molecule has 6 heteroatoms. The van der Waals surface area contributed by atoms with E-state index in [4.69, 9.17) is 14.5 Å². The summed E-state index contributed by atoms with van der Waals surface area (Å²) >= 11 is 0. The van der Waals surface area contributed by atoms with Crippen LogP contribution in [0.1, 0.15) is 48.3 Å². The van der Waals surface area contributed by atoms with Crippen molar-refractivity contribution in [1.82, 2.24) is 0 Å². The number of rotatable bonds is 5. The minimum atomic E-state index is -3.56. The van der Waals surface area contributed by atoms with Crippen LogP contribution in [0, 0.1) is 0 Å². The second kappa shape index (κ2) is 8.67. The van der Waals surface area contributed by atoms with E-state index in [2.05, 4.69) is 6.07 Å². The van der Waals surface area contributed by atoms with Gasteiger partial charge in [0.15, 0.2) is 11.5 Å². The molecule has 0 saturated heterocycles. The maximum atomic E-state index is 13.0. The second-order valence-electron chi connectivity index (χ2n) is 8.57. The third-order valence-corrected chi connectivity index (χ3v) is 8.51. The van der Waals surface area contributed by atoms with Crippen LogP contribution >= 0.6 is 0 Å². The Hall–Kier alpha value is -3.12. The summed E-state index contributed by atoms with van der Waals surface area (Å²) in [6.45, 7) is 0. The highest BCUT2D eigenvalue weighted by molar-refractivity contribution is 7.91. The number of ether oxygens (including phenoxy) is 2. The molecular weight excluding hydrogens is 434 g/mol. The van der Waals surface area contributed by atoms with Crippen molar-refractivity contribution in [3.63, 3.8) is 0 Å². The van der Waals surface area contributed by atoms with Crippen LogP contribution in [0.4, 0.5) is 0 Å². The summed E-state index contributed by atoms with van der Waals surface area (Å²) in [5.41, 5.74) is 4.06. The van der Waals surface area contributed by atoms with E-state index in [1.807, 2.05) is 24.3 Å². The van der Waals surface area contributed by atoms with Crippen LogP contribution in [-0.4, -0.2) is 34.4 Å². The van der Waals surface area contributed by atoms with Gasteiger partial charge in [-0.1, -0.05) is 43.2 Å². The normalized spacial score (nSPS) is 19.8. The first kappa shape index (κ1) is 21.7. The molecule has 5 rings (SSSR count). The lowest BCUT2D eigenvalue weighted by atomic mass is 9.75. The zero-order valence-electron chi connectivity index (χ0n) is 18.8. The molecule has 1 aliphatic heterocycles. The van der Waals surface area contributed by atoms with Gasteiger partial charge in [0.05, 0.1) is 35.8 Å². The first-order chi connectivity index (χ1) is 16.0. The maximum absolute atomic E-state index is 13.0. The standard InChI is InChI=1S/C27H27NO4S/c1-31-25-16-22-21-10-6-7-11-24(21)28-27(23(22)17-26(25)32-2)18-12-14-20(15-13-18)33(29,30)19-8-4-3-5-9-19/h3-5,8-9,12-17,21,24H,6-7,10-11H2,1-2H3. The number of sulfone groups is 1. The Morgan fingerprint density at radius 3 is 2.15 bits per heavy atom. The van der Waals surface area contributed by atoms with Crippen molar-refractivity contribution in [2.75, 3.05) is 14.2 Å². The van der Waals surface area contributed by atoms with Crippen LogP contribution in [0.15, 0.2) is 81.5 Å². The van der Waals surface area contributed by atoms with Gasteiger partial charge in [0, 0.05) is 17.0 Å². The van der Waals surface area contributed by atoms with E-state index in [1.54, 1.807) is 50.6 Å². The highest BCUT2D eigenvalue weighted by atomic mass is 32.2. The largest absolute Gasteiger partial charge is 0.493 e. The first-order valence-electron chi connectivity index (χ1n) is 11.3. The molecular formula is C27H27NO4S. The van der Waals surface area contributed by atoms with Gasteiger partial charge < -0.3 is 9.47 Å². The number of nitrogens with zero attached hydrogens (tertiary/aromatic N) is 1. The molecule has 2 atom stereocenters. The number of aliphatic imine (C=N–C) groups is 1. The van der Waals surface area contributed by atoms with Gasteiger partial charge in [-0.2, -0.15) is 0 Å². The lowest BCUT2D eigenvalue weighted by molar-refractivity contribution is 0.349. The Balaban J connectivity index is 1.59. The SMILES string of the molecule is COc1cc2c(cc1OC)C1CCCCC1N=C2c1ccc(S(=O)(=O)c2ccccc2)cc1. The Morgan fingerprint density at radius 1 is 0.818 bits per heavy atom. The molecule has 2 aliphatic rings. The summed E-state index contributed by atoms with van der Waals surface area (Å²) < 4.78 is 37.2. The fourth-order valence-corrected chi connectivity index (χ4v) is 6.31. The van der Waals surface area contributed by atoms with E-state index in [9.17, 15) is 8.42 Å². The molecule has 0 radical (unpaired) electrons. The van der Waals surface area contributed by atoms with Crippen LogP contribution in [0.2, 0.25) is 0 Å². The Kier molecular flexibility index (Phi) is 5.71. The maximum Gasteiger partial charge on any atom is 0.206 e. The molecule has 170 valence electrons. The second-order valence-corrected chi connectivity index (χ2v) is 10.5. The van der Waals surface area contributed by atoms with Crippen LogP contribution in [0.25, 0.3) is 0 Å². The highest BCUT2D eigenvalue weighted by Crippen LogP contribution is 2.44. The molecule has 5 nitrogen and oxygen atoms in total. The number of methoxy groups -OCH3 is 2. The molecule has 0 spiro atoms. The molecule has 1 fully saturated rings. The van der Waals surface area contributed by atoms with E-state index in [1.165, 1.54) is 18.4 Å². The van der Waals surface area contributed by atoms with E-state index in [0.29, 0.717) is 16.6 Å². The van der Waals surface area contributed by atoms with Crippen molar-refractivity contribution in [2.24, 2.45) is 4.99 Å². The molecule has 0 bridgehead atoms. The third-order valence-electron chi connectivity index (χ3n) is 6.73. The minimum Gasteiger partial charge on any atom is -0.493 e. The quantitative estimate of drug-likeness (QED) is 0.509. The summed E-state index contributed by atoms with van der Waals surface area (Å²) in [6, 6.07) is 19.9. The summed E-state index contributed by atoms with van der Waals surface area (Å²) in [5.74, 6) is 1.77. The third kappa shape index (κ3) is 3.82. The van der Waals surface area contributed by atoms with Gasteiger partial charge in [-0.15, -0.1) is 0 Å². The van der Waals surface area contributed by atoms with Crippen LogP contribution < -0.4 is 9.47 Å². The predicted molar refractivity (Wildman–Crippen MR) is 129 cm³/mol. The van der Waals surface area contributed by atoms with Crippen LogP contribution in [0.3, 0.4) is 0 Å². The van der Waals surface area contributed by atoms with Gasteiger partial charge in [0.2, 0.25) is 9.84 Å². The van der Waals surface area contributed by atoms with Gasteiger partial charge in [-0.3, -0.25) is 4.99 Å². The average Bonchev–Trinajstić information content (AvgIpc) is 2.88. The molecule has 33 heavy (non-hydrogen) atoms. The fourth-order valence-electron chi connectivity index (χ4n) is 5.03. The lowest BCUT2D eigenvalue weighted by Gasteiger charge is -2.35. The zero-order valence-corrected chi connectivity index (χ0v) is 19.6. The highest BCUT2D eigenvalue weighted by Gasteiger charge is 2.34. The number of hydrogen-bond donors (Lipinski definition) is 0. The summed E-state index contributed by atoms with van der Waals surface area (Å²) in [4.78, 5) is 5.73. The average molecular weight is 462 g/mol. The van der Waals surface area contributed by atoms with Crippen molar-refractivity contribution < 1.29 is 17.9 Å². The molecule has 1 saturated carbocycles. The summed E-state index contributed by atoms with van der Waals surface area (Å²) in [7, 11) is -0.268. The van der Waals surface area contributed by atoms with Crippen LogP contribution in [0.5, 0.6) is 11.5 Å². The van der Waals surface area contributed by atoms with E-state index in [0.717, 1.165) is 35.4 Å². The molecule has 3 aromatic rings. The zero-order chi connectivity index (χ0) is 23.0. The monoisotopic (exact) mass is 461 g/mol. The first-order valence-corrected chi connectivity index (χ1v) is 12.8. The van der Waals surface area contributed by atoms with Gasteiger partial charge in [-0.05, 0) is 54.8 Å². The smallest absolute Gasteiger partial charge is 0.206 e. The number of hydrogen-bond acceptors (Lipinski definition) is 5. The molecule has 3 aromatic carbocycles. The summed E-state index contributed by atoms with van der Waals surface area (Å²) in [5, 5.41) is 0. The van der Waals surface area contributed by atoms with Gasteiger partial charge >= 0.3 is 0 Å². The van der Waals surface area contributed by atoms with Crippen LogP contribution in [-0.2, 0) is 9.84 Å². The molecule has 1 aliphatic carbocycles.